The number of aliphatic carboxylic acids is 1. The van der Waals surface area contributed by atoms with E-state index >= 15 is 0 Å². The number of carbonyl (C=O) groups is 3. The maximum Gasteiger partial charge on any atom is 0.352 e. The third-order valence-electron chi connectivity index (χ3n) is 4.95. The number of nitrogens with two attached hydrogens (primary N) is 1. The van der Waals surface area contributed by atoms with Gasteiger partial charge >= 0.3 is 12.0 Å². The fourth-order valence-corrected chi connectivity index (χ4v) is 3.29. The zero-order valence-corrected chi connectivity index (χ0v) is 16.2. The number of urea groups is 1. The number of Topliss-reactive ketones (excluding diaryl/α,β-unsaturated/α-hetero) is 1. The number of fused-ring (bicyclic) bond motifs is 1. The van der Waals surface area contributed by atoms with Crippen molar-refractivity contribution in [1.82, 2.24) is 4.98 Å². The molecule has 31 heavy (non-hydrogen) atoms. The number of nitrogen functional groups attached to an aromatic ring is 1. The molecule has 3 aromatic rings. The average Bonchev–Trinajstić information content (AvgIpc) is 3.15. The number of anilines is 1. The number of nitrogens with zero attached hydrogens (tertiary/aromatic N) is 3. The summed E-state index contributed by atoms with van der Waals surface area (Å²) < 4.78 is 0. The van der Waals surface area contributed by atoms with E-state index in [0.29, 0.717) is 22.5 Å². The number of carboxylic acids is 1. The van der Waals surface area contributed by atoms with E-state index in [0.717, 1.165) is 10.8 Å². The molecule has 9 nitrogen and oxygen atoms in total. The summed E-state index contributed by atoms with van der Waals surface area (Å²) in [6.07, 6.45) is 1.74. The van der Waals surface area contributed by atoms with Crippen LogP contribution in [0.3, 0.4) is 0 Å². The van der Waals surface area contributed by atoms with E-state index in [1.54, 1.807) is 42.6 Å². The quantitative estimate of drug-likeness (QED) is 0.320. The summed E-state index contributed by atoms with van der Waals surface area (Å²) in [5.74, 6) is -1.40. The van der Waals surface area contributed by atoms with E-state index in [1.807, 2.05) is 12.1 Å². The maximum absolute atomic E-state index is 12.7. The molecule has 0 saturated heterocycles. The third-order valence-corrected chi connectivity index (χ3v) is 4.95. The van der Waals surface area contributed by atoms with E-state index in [9.17, 15) is 14.4 Å². The smallest absolute Gasteiger partial charge is 0.352 e. The largest absolute Gasteiger partial charge is 0.477 e. The summed E-state index contributed by atoms with van der Waals surface area (Å²) in [7, 11) is 0. The van der Waals surface area contributed by atoms with Crippen LogP contribution in [0.5, 0.6) is 0 Å². The molecule has 1 aliphatic rings. The summed E-state index contributed by atoms with van der Waals surface area (Å²) >= 11 is 0. The second-order valence-corrected chi connectivity index (χ2v) is 7.03. The summed E-state index contributed by atoms with van der Waals surface area (Å²) in [6, 6.07) is 12.9. The second kappa shape index (κ2) is 7.79. The predicted octanol–water partition coefficient (Wildman–Crippen LogP) is 2.41. The minimum absolute atomic E-state index is 0.0222. The van der Waals surface area contributed by atoms with Gasteiger partial charge in [0, 0.05) is 34.1 Å². The van der Waals surface area contributed by atoms with Gasteiger partial charge in [0.05, 0.1) is 13.0 Å². The molecule has 9 heteroatoms. The molecule has 0 fully saturated rings. The maximum atomic E-state index is 12.7. The molecule has 0 radical (unpaired) electrons. The Morgan fingerprint density at radius 1 is 1.06 bits per heavy atom. The Balaban J connectivity index is 1.48. The predicted molar refractivity (Wildman–Crippen MR) is 115 cm³/mol. The summed E-state index contributed by atoms with van der Waals surface area (Å²) in [5, 5.41) is 18.2. The van der Waals surface area contributed by atoms with E-state index in [4.69, 9.17) is 16.2 Å². The van der Waals surface area contributed by atoms with Gasteiger partial charge in [-0.25, -0.2) is 9.59 Å². The number of benzene rings is 2. The first kappa shape index (κ1) is 19.9. The highest BCUT2D eigenvalue weighted by molar-refractivity contribution is 6.41. The number of ketones is 1. The number of carboxylic acid groups (broad SMARTS) is 1. The summed E-state index contributed by atoms with van der Waals surface area (Å²) in [6.45, 7) is -0.117. The highest BCUT2D eigenvalue weighted by Gasteiger charge is 2.28. The van der Waals surface area contributed by atoms with Gasteiger partial charge < -0.3 is 10.8 Å². The molecule has 2 amide bonds. The molecular weight excluding hydrogens is 398 g/mol. The summed E-state index contributed by atoms with van der Waals surface area (Å²) in [4.78, 5) is 44.6. The number of amidine groups is 1. The Kier molecular flexibility index (Phi) is 5.00. The third kappa shape index (κ3) is 4.01. The van der Waals surface area contributed by atoms with Crippen molar-refractivity contribution >= 4 is 45.8 Å². The van der Waals surface area contributed by atoms with Crippen LogP contribution in [0.15, 0.2) is 59.7 Å². The molecule has 2 aromatic carbocycles. The van der Waals surface area contributed by atoms with Gasteiger partial charge in [-0.15, -0.1) is 0 Å². The van der Waals surface area contributed by atoms with Crippen molar-refractivity contribution in [3.63, 3.8) is 0 Å². The standard InChI is InChI=1S/C22H17N5O4/c23-20(24)14-2-1-13-8-16(25-10-15(13)7-14)9-19(28)12-3-5-17(6-4-12)27-11-18(21(29)30)26-22(27)31/h1-8,10H,9,11H2,(H3,23,24)(H,29,30). The lowest BCUT2D eigenvalue weighted by molar-refractivity contribution is -0.129. The minimum atomic E-state index is -1.23. The fraction of sp³-hybridized carbons (Fsp3) is 0.0909. The number of amides is 2. The zero-order chi connectivity index (χ0) is 22.1. The molecule has 4 rings (SSSR count). The van der Waals surface area contributed by atoms with Gasteiger partial charge in [0.25, 0.3) is 0 Å². The lowest BCUT2D eigenvalue weighted by atomic mass is 10.0. The first-order chi connectivity index (χ1) is 14.8. The van der Waals surface area contributed by atoms with Crippen molar-refractivity contribution in [3.05, 3.63) is 71.5 Å². The van der Waals surface area contributed by atoms with Crippen LogP contribution in [0.25, 0.3) is 10.8 Å². The van der Waals surface area contributed by atoms with Crippen molar-refractivity contribution in [1.29, 1.82) is 5.41 Å². The molecule has 0 saturated carbocycles. The Labute approximate surface area is 176 Å². The van der Waals surface area contributed by atoms with Crippen molar-refractivity contribution in [2.24, 2.45) is 10.7 Å². The lowest BCUT2D eigenvalue weighted by Gasteiger charge is -2.14. The van der Waals surface area contributed by atoms with Crippen LogP contribution in [-0.4, -0.2) is 46.0 Å². The van der Waals surface area contributed by atoms with Gasteiger partial charge in [0.15, 0.2) is 11.5 Å². The van der Waals surface area contributed by atoms with Gasteiger partial charge in [0.2, 0.25) is 0 Å². The molecule has 154 valence electrons. The van der Waals surface area contributed by atoms with Crippen LogP contribution in [0.1, 0.15) is 21.6 Å². The number of aromatic nitrogens is 1. The number of hydrogen-bond acceptors (Lipinski definition) is 5. The van der Waals surface area contributed by atoms with E-state index in [2.05, 4.69) is 9.98 Å². The Hall–Kier alpha value is -4.40. The molecule has 4 N–H and O–H groups in total. The number of aliphatic imine (C=N–C) groups is 1. The van der Waals surface area contributed by atoms with Gasteiger partial charge in [-0.05, 0) is 41.8 Å². The number of pyridine rings is 1. The van der Waals surface area contributed by atoms with Crippen LogP contribution < -0.4 is 10.6 Å². The molecule has 0 unspecified atom stereocenters. The second-order valence-electron chi connectivity index (χ2n) is 7.03. The lowest BCUT2D eigenvalue weighted by Crippen LogP contribution is -2.28. The Bertz CT molecular complexity index is 1280. The summed E-state index contributed by atoms with van der Waals surface area (Å²) in [5.41, 5.74) is 7.41. The van der Waals surface area contributed by atoms with Gasteiger partial charge in [-0.1, -0.05) is 12.1 Å². The van der Waals surface area contributed by atoms with Gasteiger partial charge in [0.1, 0.15) is 5.84 Å². The van der Waals surface area contributed by atoms with Crippen LogP contribution in [0.4, 0.5) is 10.5 Å². The van der Waals surface area contributed by atoms with E-state index < -0.39 is 12.0 Å². The van der Waals surface area contributed by atoms with Crippen molar-refractivity contribution in [2.45, 2.75) is 6.42 Å². The van der Waals surface area contributed by atoms with Crippen molar-refractivity contribution in [2.75, 3.05) is 11.4 Å². The monoisotopic (exact) mass is 415 g/mol. The number of nitrogens with one attached hydrogen (secondary N) is 1. The molecule has 0 bridgehead atoms. The average molecular weight is 415 g/mol. The SMILES string of the molecule is N=C(N)c1ccc2cc(CC(=O)c3ccc(N4CC(C(=O)O)=NC4=O)cc3)ncc2c1. The normalized spacial score (nSPS) is 13.4. The van der Waals surface area contributed by atoms with Crippen LogP contribution in [0, 0.1) is 5.41 Å². The molecule has 1 aliphatic heterocycles. The number of rotatable bonds is 6. The molecule has 0 atom stereocenters. The van der Waals surface area contributed by atoms with Crippen LogP contribution >= 0.6 is 0 Å². The Morgan fingerprint density at radius 3 is 2.42 bits per heavy atom. The Morgan fingerprint density at radius 2 is 1.77 bits per heavy atom. The van der Waals surface area contributed by atoms with Gasteiger partial charge in [-0.3, -0.25) is 20.1 Å². The first-order valence-corrected chi connectivity index (χ1v) is 9.30. The molecule has 0 spiro atoms. The first-order valence-electron chi connectivity index (χ1n) is 9.30. The molecule has 1 aromatic heterocycles. The van der Waals surface area contributed by atoms with E-state index in [1.165, 1.54) is 4.90 Å². The van der Waals surface area contributed by atoms with Crippen LogP contribution in [-0.2, 0) is 11.2 Å². The minimum Gasteiger partial charge on any atom is -0.477 e. The van der Waals surface area contributed by atoms with Crippen molar-refractivity contribution < 1.29 is 19.5 Å². The fourth-order valence-electron chi connectivity index (χ4n) is 3.29. The molecule has 0 aliphatic carbocycles. The highest BCUT2D eigenvalue weighted by Crippen LogP contribution is 2.21. The van der Waals surface area contributed by atoms with Crippen molar-refractivity contribution in [3.8, 4) is 0 Å². The van der Waals surface area contributed by atoms with E-state index in [-0.39, 0.29) is 30.3 Å². The highest BCUT2D eigenvalue weighted by atomic mass is 16.4. The van der Waals surface area contributed by atoms with Crippen LogP contribution in [0.2, 0.25) is 0 Å². The molecular formula is C22H17N5O4. The number of carbonyl (C=O) groups excluding carboxylic acids is 2. The topological polar surface area (TPSA) is 150 Å². The molecule has 2 heterocycles. The zero-order valence-electron chi connectivity index (χ0n) is 16.2. The number of hydrogen-bond donors (Lipinski definition) is 3. The van der Waals surface area contributed by atoms with Gasteiger partial charge in [-0.2, -0.15) is 4.99 Å².